The molecule has 0 saturated heterocycles. The van der Waals surface area contributed by atoms with Gasteiger partial charge in [0, 0.05) is 10.8 Å². The zero-order valence-electron chi connectivity index (χ0n) is 7.26. The Kier molecular flexibility index (Phi) is 2.37. The highest BCUT2D eigenvalue weighted by Gasteiger charge is 2.11. The maximum absolute atomic E-state index is 13.0. The van der Waals surface area contributed by atoms with Crippen molar-refractivity contribution in [2.24, 2.45) is 5.84 Å². The van der Waals surface area contributed by atoms with Gasteiger partial charge in [-0.3, -0.25) is 0 Å². The minimum atomic E-state index is -1.000. The number of anilines is 1. The van der Waals surface area contributed by atoms with Gasteiger partial charge in [0.2, 0.25) is 0 Å². The number of halogens is 3. The highest BCUT2D eigenvalue weighted by Crippen LogP contribution is 2.27. The van der Waals surface area contributed by atoms with E-state index >= 15 is 0 Å². The van der Waals surface area contributed by atoms with Crippen molar-refractivity contribution in [3.05, 3.63) is 28.9 Å². The van der Waals surface area contributed by atoms with Gasteiger partial charge in [0.15, 0.2) is 22.6 Å². The highest BCUT2D eigenvalue weighted by atomic mass is 35.5. The lowest BCUT2D eigenvalue weighted by molar-refractivity contribution is 0.511. The molecule has 0 aliphatic carbocycles. The summed E-state index contributed by atoms with van der Waals surface area (Å²) in [7, 11) is 0. The number of fused-ring (bicyclic) bond motifs is 1. The second kappa shape index (κ2) is 3.56. The van der Waals surface area contributed by atoms with Crippen LogP contribution in [-0.4, -0.2) is 10.2 Å². The summed E-state index contributed by atoms with van der Waals surface area (Å²) in [6, 6.07) is 1.91. The van der Waals surface area contributed by atoms with Gasteiger partial charge in [0.05, 0.1) is 0 Å². The van der Waals surface area contributed by atoms with Crippen molar-refractivity contribution < 1.29 is 8.78 Å². The lowest BCUT2D eigenvalue weighted by Crippen LogP contribution is -2.10. The van der Waals surface area contributed by atoms with Crippen LogP contribution < -0.4 is 11.3 Å². The number of hydrogen-bond donors (Lipinski definition) is 2. The van der Waals surface area contributed by atoms with Crippen molar-refractivity contribution in [2.45, 2.75) is 0 Å². The summed E-state index contributed by atoms with van der Waals surface area (Å²) in [5, 5.41) is 7.63. The van der Waals surface area contributed by atoms with Gasteiger partial charge in [0.1, 0.15) is 0 Å². The third-order valence-electron chi connectivity index (χ3n) is 1.91. The number of rotatable bonds is 1. The molecule has 15 heavy (non-hydrogen) atoms. The van der Waals surface area contributed by atoms with Gasteiger partial charge < -0.3 is 5.43 Å². The number of nitrogen functional groups attached to an aromatic ring is 1. The van der Waals surface area contributed by atoms with E-state index in [1.54, 1.807) is 0 Å². The lowest BCUT2D eigenvalue weighted by atomic mass is 10.2. The molecule has 0 unspecified atom stereocenters. The fourth-order valence-electron chi connectivity index (χ4n) is 1.22. The molecular formula is C8H5ClF2N4. The van der Waals surface area contributed by atoms with Crippen molar-refractivity contribution in [3.8, 4) is 0 Å². The number of aromatic nitrogens is 2. The smallest absolute Gasteiger partial charge is 0.170 e. The molecule has 0 saturated carbocycles. The summed E-state index contributed by atoms with van der Waals surface area (Å²) >= 11 is 5.68. The number of nitrogens with two attached hydrogens (primary N) is 1. The fourth-order valence-corrected chi connectivity index (χ4v) is 1.42. The SMILES string of the molecule is NNc1nnc(Cl)c2cc(F)c(F)cc12. The first-order valence-corrected chi connectivity index (χ1v) is 4.29. The molecule has 4 nitrogen and oxygen atoms in total. The molecule has 7 heteroatoms. The molecule has 2 aromatic rings. The molecule has 0 aliphatic heterocycles. The van der Waals surface area contributed by atoms with E-state index in [4.69, 9.17) is 17.4 Å². The summed E-state index contributed by atoms with van der Waals surface area (Å²) in [5.74, 6) is 3.28. The Hall–Kier alpha value is -1.53. The van der Waals surface area contributed by atoms with Crippen LogP contribution in [0.1, 0.15) is 0 Å². The Balaban J connectivity index is 2.88. The molecule has 0 radical (unpaired) electrons. The van der Waals surface area contributed by atoms with Crippen molar-refractivity contribution in [2.75, 3.05) is 5.43 Å². The van der Waals surface area contributed by atoms with E-state index in [9.17, 15) is 8.78 Å². The largest absolute Gasteiger partial charge is 0.306 e. The Morgan fingerprint density at radius 1 is 1.13 bits per heavy atom. The zero-order chi connectivity index (χ0) is 11.0. The molecule has 0 aliphatic rings. The van der Waals surface area contributed by atoms with Crippen LogP contribution in [0.2, 0.25) is 5.15 Å². The third-order valence-corrected chi connectivity index (χ3v) is 2.19. The Bertz CT molecular complexity index is 532. The summed E-state index contributed by atoms with van der Waals surface area (Å²) in [5.41, 5.74) is 2.22. The van der Waals surface area contributed by atoms with Crippen LogP contribution in [0, 0.1) is 11.6 Å². The average Bonchev–Trinajstić information content (AvgIpc) is 2.22. The Labute approximate surface area is 88.0 Å². The van der Waals surface area contributed by atoms with E-state index in [2.05, 4.69) is 15.6 Å². The van der Waals surface area contributed by atoms with E-state index in [0.717, 1.165) is 12.1 Å². The number of hydrazine groups is 1. The molecule has 0 fully saturated rings. The molecule has 1 aromatic carbocycles. The first kappa shape index (κ1) is 10.0. The normalized spacial score (nSPS) is 10.7. The van der Waals surface area contributed by atoms with E-state index < -0.39 is 11.6 Å². The van der Waals surface area contributed by atoms with Crippen molar-refractivity contribution in [1.29, 1.82) is 0 Å². The predicted octanol–water partition coefficient (Wildman–Crippen LogP) is 1.85. The van der Waals surface area contributed by atoms with Gasteiger partial charge in [-0.2, -0.15) is 0 Å². The second-order valence-corrected chi connectivity index (χ2v) is 3.15. The molecule has 1 heterocycles. The first-order chi connectivity index (χ1) is 7.13. The maximum atomic E-state index is 13.0. The summed E-state index contributed by atoms with van der Waals surface area (Å²) in [4.78, 5) is 0. The monoisotopic (exact) mass is 230 g/mol. The van der Waals surface area contributed by atoms with Gasteiger partial charge in [0.25, 0.3) is 0 Å². The first-order valence-electron chi connectivity index (χ1n) is 3.91. The minimum Gasteiger partial charge on any atom is -0.306 e. The number of nitrogens with one attached hydrogen (secondary N) is 1. The molecule has 3 N–H and O–H groups in total. The van der Waals surface area contributed by atoms with E-state index in [1.807, 2.05) is 0 Å². The molecule has 0 bridgehead atoms. The van der Waals surface area contributed by atoms with Crippen molar-refractivity contribution in [3.63, 3.8) is 0 Å². The second-order valence-electron chi connectivity index (χ2n) is 2.80. The van der Waals surface area contributed by atoms with Gasteiger partial charge >= 0.3 is 0 Å². The van der Waals surface area contributed by atoms with Crippen LogP contribution >= 0.6 is 11.6 Å². The standard InChI is InChI=1S/C8H5ClF2N4/c9-7-3-1-5(10)6(11)2-4(3)8(13-12)15-14-7/h1-2H,12H2,(H,13,15). The van der Waals surface area contributed by atoms with E-state index in [0.29, 0.717) is 0 Å². The molecule has 2 rings (SSSR count). The summed E-state index contributed by atoms with van der Waals surface area (Å²) in [6.45, 7) is 0. The molecule has 0 spiro atoms. The van der Waals surface area contributed by atoms with Crippen LogP contribution in [0.25, 0.3) is 10.8 Å². The van der Waals surface area contributed by atoms with Crippen molar-refractivity contribution >= 4 is 28.2 Å². The molecular weight excluding hydrogens is 226 g/mol. The maximum Gasteiger partial charge on any atom is 0.170 e. The average molecular weight is 231 g/mol. The van der Waals surface area contributed by atoms with Crippen LogP contribution in [0.4, 0.5) is 14.6 Å². The molecule has 0 atom stereocenters. The van der Waals surface area contributed by atoms with Crippen molar-refractivity contribution in [1.82, 2.24) is 10.2 Å². The minimum absolute atomic E-state index is 0.0112. The quantitative estimate of drug-likeness (QED) is 0.580. The van der Waals surface area contributed by atoms with Crippen LogP contribution in [0.3, 0.4) is 0 Å². The topological polar surface area (TPSA) is 63.8 Å². The van der Waals surface area contributed by atoms with E-state index in [-0.39, 0.29) is 21.7 Å². The summed E-state index contributed by atoms with van der Waals surface area (Å²) in [6.07, 6.45) is 0. The number of nitrogens with zero attached hydrogens (tertiary/aromatic N) is 2. The predicted molar refractivity (Wildman–Crippen MR) is 52.3 cm³/mol. The Morgan fingerprint density at radius 3 is 2.33 bits per heavy atom. The Morgan fingerprint density at radius 2 is 1.73 bits per heavy atom. The molecule has 0 amide bonds. The van der Waals surface area contributed by atoms with Crippen LogP contribution in [0.15, 0.2) is 12.1 Å². The van der Waals surface area contributed by atoms with Crippen LogP contribution in [0.5, 0.6) is 0 Å². The van der Waals surface area contributed by atoms with Gasteiger partial charge in [-0.1, -0.05) is 11.6 Å². The molecule has 78 valence electrons. The lowest BCUT2D eigenvalue weighted by Gasteiger charge is -2.05. The third kappa shape index (κ3) is 1.57. The van der Waals surface area contributed by atoms with E-state index in [1.165, 1.54) is 0 Å². The zero-order valence-corrected chi connectivity index (χ0v) is 8.02. The fraction of sp³-hybridized carbons (Fsp3) is 0. The highest BCUT2D eigenvalue weighted by molar-refractivity contribution is 6.34. The number of benzene rings is 1. The van der Waals surface area contributed by atoms with Gasteiger partial charge in [-0.15, -0.1) is 10.2 Å². The summed E-state index contributed by atoms with van der Waals surface area (Å²) < 4.78 is 25.9. The van der Waals surface area contributed by atoms with Gasteiger partial charge in [-0.05, 0) is 12.1 Å². The van der Waals surface area contributed by atoms with Crippen LogP contribution in [-0.2, 0) is 0 Å². The molecule has 1 aromatic heterocycles. The number of hydrogen-bond acceptors (Lipinski definition) is 4. The van der Waals surface area contributed by atoms with Gasteiger partial charge in [-0.25, -0.2) is 14.6 Å².